The molecule has 1 aromatic heterocycles. The predicted molar refractivity (Wildman–Crippen MR) is 93.5 cm³/mol. The number of carbonyl (C=O) groups is 2. The summed E-state index contributed by atoms with van der Waals surface area (Å²) in [4.78, 5) is 25.5. The molecule has 0 unspecified atom stereocenters. The highest BCUT2D eigenvalue weighted by atomic mass is 16.4. The number of aromatic carboxylic acids is 1. The lowest BCUT2D eigenvalue weighted by molar-refractivity contribution is -0.132. The number of nitrogens with zero attached hydrogens (tertiary/aromatic N) is 3. The van der Waals surface area contributed by atoms with Gasteiger partial charge < -0.3 is 10.0 Å². The Kier molecular flexibility index (Phi) is 5.16. The van der Waals surface area contributed by atoms with Crippen molar-refractivity contribution < 1.29 is 14.7 Å². The number of benzene rings is 1. The second kappa shape index (κ2) is 7.51. The Balaban J connectivity index is 1.53. The van der Waals surface area contributed by atoms with Gasteiger partial charge in [0.15, 0.2) is 0 Å². The van der Waals surface area contributed by atoms with E-state index in [0.29, 0.717) is 25.2 Å². The van der Waals surface area contributed by atoms with Crippen LogP contribution in [0, 0.1) is 6.92 Å². The molecule has 1 fully saturated rings. The van der Waals surface area contributed by atoms with Crippen LogP contribution < -0.4 is 0 Å². The molecular formula is C19H23N3O3. The molecular weight excluding hydrogens is 318 g/mol. The second-order valence-corrected chi connectivity index (χ2v) is 6.49. The summed E-state index contributed by atoms with van der Waals surface area (Å²) >= 11 is 0. The van der Waals surface area contributed by atoms with E-state index < -0.39 is 5.97 Å². The van der Waals surface area contributed by atoms with E-state index in [1.807, 2.05) is 35.2 Å². The molecule has 1 aliphatic heterocycles. The van der Waals surface area contributed by atoms with Crippen LogP contribution in [-0.4, -0.2) is 44.8 Å². The fraction of sp³-hybridized carbons (Fsp3) is 0.421. The lowest BCUT2D eigenvalue weighted by atomic mass is 10.0. The van der Waals surface area contributed by atoms with Crippen LogP contribution in [0.1, 0.15) is 46.9 Å². The van der Waals surface area contributed by atoms with Gasteiger partial charge in [-0.3, -0.25) is 9.48 Å². The van der Waals surface area contributed by atoms with Crippen molar-refractivity contribution in [2.45, 2.75) is 38.6 Å². The highest BCUT2D eigenvalue weighted by Gasteiger charge is 2.26. The summed E-state index contributed by atoms with van der Waals surface area (Å²) in [5, 5.41) is 13.4. The molecule has 0 aliphatic carbocycles. The van der Waals surface area contributed by atoms with Crippen molar-refractivity contribution in [3.8, 4) is 0 Å². The van der Waals surface area contributed by atoms with E-state index in [0.717, 1.165) is 19.3 Å². The minimum atomic E-state index is -0.947. The van der Waals surface area contributed by atoms with Gasteiger partial charge in [-0.15, -0.1) is 0 Å². The molecule has 25 heavy (non-hydrogen) atoms. The van der Waals surface area contributed by atoms with Crippen LogP contribution in [0.4, 0.5) is 0 Å². The molecule has 0 bridgehead atoms. The van der Waals surface area contributed by atoms with Crippen LogP contribution in [0.15, 0.2) is 36.5 Å². The largest absolute Gasteiger partial charge is 0.478 e. The van der Waals surface area contributed by atoms with Gasteiger partial charge in [0.1, 0.15) is 5.56 Å². The Morgan fingerprint density at radius 2 is 1.88 bits per heavy atom. The fourth-order valence-corrected chi connectivity index (χ4v) is 3.42. The van der Waals surface area contributed by atoms with Crippen LogP contribution in [0.25, 0.3) is 0 Å². The van der Waals surface area contributed by atoms with Crippen LogP contribution in [0.5, 0.6) is 0 Å². The van der Waals surface area contributed by atoms with Crippen molar-refractivity contribution >= 4 is 11.9 Å². The van der Waals surface area contributed by atoms with Gasteiger partial charge in [0.05, 0.1) is 17.9 Å². The van der Waals surface area contributed by atoms with Gasteiger partial charge in [-0.25, -0.2) is 4.79 Å². The van der Waals surface area contributed by atoms with Crippen molar-refractivity contribution in [1.29, 1.82) is 0 Å². The quantitative estimate of drug-likeness (QED) is 0.907. The van der Waals surface area contributed by atoms with E-state index in [1.54, 1.807) is 11.6 Å². The van der Waals surface area contributed by atoms with Gasteiger partial charge in [0.2, 0.25) is 5.91 Å². The average Bonchev–Trinajstić information content (AvgIpc) is 3.02. The zero-order chi connectivity index (χ0) is 17.8. The normalized spacial score (nSPS) is 15.3. The van der Waals surface area contributed by atoms with Gasteiger partial charge in [-0.2, -0.15) is 5.10 Å². The molecule has 2 heterocycles. The van der Waals surface area contributed by atoms with E-state index >= 15 is 0 Å². The number of aryl methyl sites for hydroxylation is 1. The van der Waals surface area contributed by atoms with Gasteiger partial charge >= 0.3 is 5.97 Å². The molecule has 0 atom stereocenters. The summed E-state index contributed by atoms with van der Waals surface area (Å²) in [6.07, 6.45) is 4.31. The number of rotatable bonds is 5. The second-order valence-electron chi connectivity index (χ2n) is 6.49. The highest BCUT2D eigenvalue weighted by molar-refractivity contribution is 5.88. The maximum atomic E-state index is 12.4. The summed E-state index contributed by atoms with van der Waals surface area (Å²) in [6, 6.07) is 10.2. The Labute approximate surface area is 147 Å². The molecule has 0 saturated carbocycles. The molecule has 1 aliphatic rings. The van der Waals surface area contributed by atoms with E-state index in [-0.39, 0.29) is 17.5 Å². The lowest BCUT2D eigenvalue weighted by Crippen LogP contribution is -2.39. The zero-order valence-electron chi connectivity index (χ0n) is 14.4. The molecule has 1 N–H and O–H groups in total. The SMILES string of the molecule is Cc1c(C(=O)O)cnn1C1CCN(C(=O)CCc2ccccc2)CC1. The number of likely N-dealkylation sites (tertiary alicyclic amines) is 1. The summed E-state index contributed by atoms with van der Waals surface area (Å²) in [5.41, 5.74) is 2.11. The predicted octanol–water partition coefficient (Wildman–Crippen LogP) is 2.69. The van der Waals surface area contributed by atoms with E-state index in [9.17, 15) is 9.59 Å². The third-order valence-corrected chi connectivity index (χ3v) is 4.91. The van der Waals surface area contributed by atoms with Crippen LogP contribution in [-0.2, 0) is 11.2 Å². The Morgan fingerprint density at radius 3 is 2.48 bits per heavy atom. The number of amides is 1. The molecule has 6 heteroatoms. The summed E-state index contributed by atoms with van der Waals surface area (Å²) in [7, 11) is 0. The molecule has 0 radical (unpaired) electrons. The first-order valence-electron chi connectivity index (χ1n) is 8.65. The first kappa shape index (κ1) is 17.2. The average molecular weight is 341 g/mol. The first-order chi connectivity index (χ1) is 12.1. The van der Waals surface area contributed by atoms with Crippen molar-refractivity contribution in [1.82, 2.24) is 14.7 Å². The maximum Gasteiger partial charge on any atom is 0.339 e. The lowest BCUT2D eigenvalue weighted by Gasteiger charge is -2.32. The third kappa shape index (κ3) is 3.90. The smallest absolute Gasteiger partial charge is 0.339 e. The maximum absolute atomic E-state index is 12.4. The minimum Gasteiger partial charge on any atom is -0.478 e. The molecule has 0 spiro atoms. The zero-order valence-corrected chi connectivity index (χ0v) is 14.4. The van der Waals surface area contributed by atoms with Crippen LogP contribution >= 0.6 is 0 Å². The van der Waals surface area contributed by atoms with Gasteiger partial charge in [-0.05, 0) is 31.7 Å². The monoisotopic (exact) mass is 341 g/mol. The number of piperidine rings is 1. The Morgan fingerprint density at radius 1 is 1.20 bits per heavy atom. The molecule has 132 valence electrons. The number of hydrogen-bond donors (Lipinski definition) is 1. The van der Waals surface area contributed by atoms with E-state index in [1.165, 1.54) is 11.8 Å². The minimum absolute atomic E-state index is 0.159. The van der Waals surface area contributed by atoms with Crippen molar-refractivity contribution in [2.24, 2.45) is 0 Å². The number of carboxylic acids is 1. The summed E-state index contributed by atoms with van der Waals surface area (Å²) in [5.74, 6) is -0.761. The number of carbonyl (C=O) groups excluding carboxylic acids is 1. The number of hydrogen-bond acceptors (Lipinski definition) is 3. The van der Waals surface area contributed by atoms with Gasteiger partial charge in [-0.1, -0.05) is 30.3 Å². The van der Waals surface area contributed by atoms with Gasteiger partial charge in [0, 0.05) is 19.5 Å². The van der Waals surface area contributed by atoms with Crippen molar-refractivity contribution in [3.63, 3.8) is 0 Å². The fourth-order valence-electron chi connectivity index (χ4n) is 3.42. The summed E-state index contributed by atoms with van der Waals surface area (Å²) < 4.78 is 1.80. The van der Waals surface area contributed by atoms with Crippen molar-refractivity contribution in [2.75, 3.05) is 13.1 Å². The number of aromatic nitrogens is 2. The standard InChI is InChI=1S/C19H23N3O3/c1-14-17(19(24)25)13-20-22(14)16-9-11-21(12-10-16)18(23)8-7-15-5-3-2-4-6-15/h2-6,13,16H,7-12H2,1H3,(H,24,25). The van der Waals surface area contributed by atoms with E-state index in [4.69, 9.17) is 5.11 Å². The molecule has 2 aromatic rings. The van der Waals surface area contributed by atoms with E-state index in [2.05, 4.69) is 5.10 Å². The Bertz CT molecular complexity index is 747. The van der Waals surface area contributed by atoms with Gasteiger partial charge in [0.25, 0.3) is 0 Å². The third-order valence-electron chi connectivity index (χ3n) is 4.91. The highest BCUT2D eigenvalue weighted by Crippen LogP contribution is 2.25. The molecule has 1 amide bonds. The topological polar surface area (TPSA) is 75.4 Å². The van der Waals surface area contributed by atoms with Crippen LogP contribution in [0.3, 0.4) is 0 Å². The number of carboxylic acid groups (broad SMARTS) is 1. The van der Waals surface area contributed by atoms with Crippen LogP contribution in [0.2, 0.25) is 0 Å². The summed E-state index contributed by atoms with van der Waals surface area (Å²) in [6.45, 7) is 3.17. The first-order valence-corrected chi connectivity index (χ1v) is 8.65. The van der Waals surface area contributed by atoms with Crippen molar-refractivity contribution in [3.05, 3.63) is 53.3 Å². The molecule has 1 saturated heterocycles. The molecule has 1 aromatic carbocycles. The molecule has 6 nitrogen and oxygen atoms in total. The molecule has 3 rings (SSSR count). The Hall–Kier alpha value is -2.63.